The highest BCUT2D eigenvalue weighted by Gasteiger charge is 2.13. The Morgan fingerprint density at radius 1 is 0.885 bits per heavy atom. The molecule has 0 bridgehead atoms. The summed E-state index contributed by atoms with van der Waals surface area (Å²) in [6.45, 7) is 0. The van der Waals surface area contributed by atoms with E-state index in [1.807, 2.05) is 36.4 Å². The van der Waals surface area contributed by atoms with Crippen LogP contribution in [0.25, 0.3) is 11.1 Å². The van der Waals surface area contributed by atoms with E-state index >= 15 is 0 Å². The Morgan fingerprint density at radius 2 is 1.42 bits per heavy atom. The quantitative estimate of drug-likeness (QED) is 0.342. The maximum atomic E-state index is 11.2. The minimum absolute atomic E-state index is 0.0770. The zero-order valence-corrected chi connectivity index (χ0v) is 15.1. The molecule has 130 valence electrons. The summed E-state index contributed by atoms with van der Waals surface area (Å²) in [6, 6.07) is 21.1. The summed E-state index contributed by atoms with van der Waals surface area (Å²) >= 11 is 11.1. The molecule has 0 aliphatic heterocycles. The molecular formula is C19H14ClN3O2S. The van der Waals surface area contributed by atoms with Gasteiger partial charge in [0.15, 0.2) is 5.11 Å². The van der Waals surface area contributed by atoms with Gasteiger partial charge in [0.05, 0.1) is 10.5 Å². The predicted molar refractivity (Wildman–Crippen MR) is 110 cm³/mol. The first-order chi connectivity index (χ1) is 12.5. The number of anilines is 2. The number of nitro benzene ring substituents is 1. The zero-order valence-electron chi connectivity index (χ0n) is 13.5. The first kappa shape index (κ1) is 17.8. The van der Waals surface area contributed by atoms with Crippen molar-refractivity contribution in [1.29, 1.82) is 0 Å². The van der Waals surface area contributed by atoms with Gasteiger partial charge in [0, 0.05) is 22.5 Å². The van der Waals surface area contributed by atoms with Crippen LogP contribution in [0.5, 0.6) is 0 Å². The lowest BCUT2D eigenvalue weighted by molar-refractivity contribution is -0.384. The third-order valence-corrected chi connectivity index (χ3v) is 4.11. The molecule has 0 saturated heterocycles. The second kappa shape index (κ2) is 7.95. The molecule has 0 amide bonds. The van der Waals surface area contributed by atoms with Gasteiger partial charge in [0.1, 0.15) is 0 Å². The predicted octanol–water partition coefficient (Wildman–Crippen LogP) is 5.72. The van der Waals surface area contributed by atoms with Gasteiger partial charge in [-0.25, -0.2) is 0 Å². The molecule has 2 N–H and O–H groups in total. The van der Waals surface area contributed by atoms with Crippen molar-refractivity contribution < 1.29 is 4.92 Å². The molecule has 0 aliphatic carbocycles. The molecule has 0 aliphatic rings. The van der Waals surface area contributed by atoms with Gasteiger partial charge < -0.3 is 10.6 Å². The molecule has 0 atom stereocenters. The fourth-order valence-corrected chi connectivity index (χ4v) is 2.80. The number of para-hydroxylation sites is 1. The van der Waals surface area contributed by atoms with Crippen LogP contribution in [0.4, 0.5) is 17.1 Å². The summed E-state index contributed by atoms with van der Waals surface area (Å²) in [6.07, 6.45) is 0. The lowest BCUT2D eigenvalue weighted by Crippen LogP contribution is -2.18. The largest absolute Gasteiger partial charge is 0.332 e. The van der Waals surface area contributed by atoms with Crippen LogP contribution >= 0.6 is 23.8 Å². The summed E-state index contributed by atoms with van der Waals surface area (Å²) < 4.78 is 0. The van der Waals surface area contributed by atoms with Crippen LogP contribution in [0.1, 0.15) is 0 Å². The van der Waals surface area contributed by atoms with Crippen LogP contribution in [0, 0.1) is 10.1 Å². The van der Waals surface area contributed by atoms with Gasteiger partial charge in [0.25, 0.3) is 5.69 Å². The molecule has 0 fully saturated rings. The molecule has 3 aromatic rings. The van der Waals surface area contributed by atoms with Crippen LogP contribution in [-0.2, 0) is 0 Å². The Morgan fingerprint density at radius 3 is 2.00 bits per heavy atom. The topological polar surface area (TPSA) is 67.2 Å². The molecule has 0 spiro atoms. The standard InChI is InChI=1S/C19H14ClN3O2S/c20-14-7-11-16(12-8-14)22-19(26)21-15-9-5-13(6-10-15)17-3-1-2-4-18(17)23(24)25/h1-12H,(H2,21,22,26). The molecule has 7 heteroatoms. The number of rotatable bonds is 4. The van der Waals surface area contributed by atoms with Gasteiger partial charge in [-0.2, -0.15) is 0 Å². The Balaban J connectivity index is 1.71. The highest BCUT2D eigenvalue weighted by atomic mass is 35.5. The maximum Gasteiger partial charge on any atom is 0.277 e. The monoisotopic (exact) mass is 383 g/mol. The molecule has 0 heterocycles. The van der Waals surface area contributed by atoms with Gasteiger partial charge in [-0.1, -0.05) is 35.9 Å². The molecule has 0 radical (unpaired) electrons. The van der Waals surface area contributed by atoms with E-state index in [9.17, 15) is 10.1 Å². The van der Waals surface area contributed by atoms with Crippen molar-refractivity contribution in [3.63, 3.8) is 0 Å². The number of halogens is 1. The van der Waals surface area contributed by atoms with E-state index in [4.69, 9.17) is 23.8 Å². The van der Waals surface area contributed by atoms with Crippen LogP contribution in [0.3, 0.4) is 0 Å². The Bertz CT molecular complexity index is 944. The zero-order chi connectivity index (χ0) is 18.5. The highest BCUT2D eigenvalue weighted by molar-refractivity contribution is 7.80. The molecule has 26 heavy (non-hydrogen) atoms. The van der Waals surface area contributed by atoms with E-state index < -0.39 is 0 Å². The van der Waals surface area contributed by atoms with Crippen molar-refractivity contribution in [2.24, 2.45) is 0 Å². The van der Waals surface area contributed by atoms with Crippen molar-refractivity contribution in [2.75, 3.05) is 10.6 Å². The van der Waals surface area contributed by atoms with Crippen molar-refractivity contribution >= 4 is 46.0 Å². The number of thiocarbonyl (C=S) groups is 1. The third kappa shape index (κ3) is 4.36. The summed E-state index contributed by atoms with van der Waals surface area (Å²) in [5.41, 5.74) is 3.01. The molecule has 0 aromatic heterocycles. The molecule has 0 unspecified atom stereocenters. The lowest BCUT2D eigenvalue weighted by atomic mass is 10.0. The smallest absolute Gasteiger partial charge is 0.277 e. The van der Waals surface area contributed by atoms with Crippen molar-refractivity contribution in [3.05, 3.63) is 87.9 Å². The minimum Gasteiger partial charge on any atom is -0.332 e. The fraction of sp³-hybridized carbons (Fsp3) is 0. The molecule has 5 nitrogen and oxygen atoms in total. The maximum absolute atomic E-state index is 11.2. The van der Waals surface area contributed by atoms with E-state index in [0.717, 1.165) is 16.9 Å². The summed E-state index contributed by atoms with van der Waals surface area (Å²) in [7, 11) is 0. The Labute approximate surface area is 160 Å². The number of nitrogens with one attached hydrogen (secondary N) is 2. The first-order valence-electron chi connectivity index (χ1n) is 7.70. The summed E-state index contributed by atoms with van der Waals surface area (Å²) in [5, 5.41) is 18.4. The van der Waals surface area contributed by atoms with Crippen molar-refractivity contribution in [3.8, 4) is 11.1 Å². The van der Waals surface area contributed by atoms with E-state index in [1.54, 1.807) is 30.3 Å². The second-order valence-corrected chi connectivity index (χ2v) is 6.28. The summed E-state index contributed by atoms with van der Waals surface area (Å²) in [5.74, 6) is 0. The highest BCUT2D eigenvalue weighted by Crippen LogP contribution is 2.30. The number of hydrogen-bond donors (Lipinski definition) is 2. The number of hydrogen-bond acceptors (Lipinski definition) is 3. The molecule has 0 saturated carbocycles. The van der Waals surface area contributed by atoms with Gasteiger partial charge in [-0.05, 0) is 60.2 Å². The average molecular weight is 384 g/mol. The first-order valence-corrected chi connectivity index (χ1v) is 8.49. The summed E-state index contributed by atoms with van der Waals surface area (Å²) in [4.78, 5) is 10.8. The van der Waals surface area contributed by atoms with Crippen molar-refractivity contribution in [2.45, 2.75) is 0 Å². The number of nitro groups is 1. The van der Waals surface area contributed by atoms with Crippen LogP contribution < -0.4 is 10.6 Å². The molecule has 3 rings (SSSR count). The lowest BCUT2D eigenvalue weighted by Gasteiger charge is -2.11. The minimum atomic E-state index is -0.382. The van der Waals surface area contributed by atoms with Gasteiger partial charge in [-0.15, -0.1) is 0 Å². The van der Waals surface area contributed by atoms with Crippen LogP contribution in [0.15, 0.2) is 72.8 Å². The fourth-order valence-electron chi connectivity index (χ4n) is 2.44. The molecule has 3 aromatic carbocycles. The van der Waals surface area contributed by atoms with Gasteiger partial charge in [-0.3, -0.25) is 10.1 Å². The van der Waals surface area contributed by atoms with Crippen LogP contribution in [-0.4, -0.2) is 10.0 Å². The SMILES string of the molecule is O=[N+]([O-])c1ccccc1-c1ccc(NC(=S)Nc2ccc(Cl)cc2)cc1. The number of benzene rings is 3. The Kier molecular flexibility index (Phi) is 5.46. The van der Waals surface area contributed by atoms with Crippen molar-refractivity contribution in [1.82, 2.24) is 0 Å². The van der Waals surface area contributed by atoms with Gasteiger partial charge >= 0.3 is 0 Å². The number of nitrogens with zero attached hydrogens (tertiary/aromatic N) is 1. The average Bonchev–Trinajstić information content (AvgIpc) is 2.64. The van der Waals surface area contributed by atoms with E-state index in [2.05, 4.69) is 10.6 Å². The Hall–Kier alpha value is -2.96. The normalized spacial score (nSPS) is 10.2. The van der Waals surface area contributed by atoms with Gasteiger partial charge in [0.2, 0.25) is 0 Å². The van der Waals surface area contributed by atoms with Crippen LogP contribution in [0.2, 0.25) is 5.02 Å². The second-order valence-electron chi connectivity index (χ2n) is 5.44. The van der Waals surface area contributed by atoms with E-state index in [1.165, 1.54) is 6.07 Å². The molecular weight excluding hydrogens is 370 g/mol. The van der Waals surface area contributed by atoms with E-state index in [0.29, 0.717) is 15.7 Å². The third-order valence-electron chi connectivity index (χ3n) is 3.66. The van der Waals surface area contributed by atoms with E-state index in [-0.39, 0.29) is 10.6 Å².